The van der Waals surface area contributed by atoms with Gasteiger partial charge in [0.05, 0.1) is 5.71 Å². The van der Waals surface area contributed by atoms with E-state index in [4.69, 9.17) is 10.5 Å². The molecule has 0 aliphatic rings. The highest BCUT2D eigenvalue weighted by Gasteiger charge is 2.04. The number of hydrogen-bond acceptors (Lipinski definition) is 4. The summed E-state index contributed by atoms with van der Waals surface area (Å²) in [5, 5.41) is 19.4. The maximum absolute atomic E-state index is 10.3. The average molecular weight is 206 g/mol. The molecule has 0 saturated carbocycles. The topological polar surface area (TPSA) is 73.2 Å². The molecule has 0 amide bonds. The van der Waals surface area contributed by atoms with E-state index in [9.17, 15) is 4.79 Å². The van der Waals surface area contributed by atoms with E-state index in [1.54, 1.807) is 24.3 Å². The van der Waals surface area contributed by atoms with Crippen LogP contribution in [0.2, 0.25) is 0 Å². The third kappa shape index (κ3) is 3.81. The normalized spacial score (nSPS) is 11.8. The van der Waals surface area contributed by atoms with Crippen molar-refractivity contribution in [2.24, 2.45) is 0 Å². The molecule has 4 heteroatoms. The van der Waals surface area contributed by atoms with Crippen LogP contribution < -0.4 is 5.32 Å². The minimum absolute atomic E-state index is 0.0206. The Hall–Kier alpha value is -1.84. The molecular weight excluding hydrogens is 192 g/mol. The molecule has 0 aliphatic heterocycles. The van der Waals surface area contributed by atoms with Crippen molar-refractivity contribution in [3.8, 4) is 5.75 Å². The first kappa shape index (κ1) is 11.2. The smallest absolute Gasteiger partial charge is 0.163 e. The number of aromatic hydroxyl groups is 1. The Morgan fingerprint density at radius 2 is 2.13 bits per heavy atom. The lowest BCUT2D eigenvalue weighted by Gasteiger charge is -2.13. The lowest BCUT2D eigenvalue weighted by molar-refractivity contribution is -0.102. The molecule has 15 heavy (non-hydrogen) atoms. The van der Waals surface area contributed by atoms with Gasteiger partial charge in [0.2, 0.25) is 0 Å². The largest absolute Gasteiger partial charge is 0.508 e. The lowest BCUT2D eigenvalue weighted by Crippen LogP contribution is -2.19. The van der Waals surface area contributed by atoms with Crippen LogP contribution in [0, 0.1) is 5.41 Å². The number of nitrogens with one attached hydrogen (secondary N) is 2. The van der Waals surface area contributed by atoms with E-state index in [-0.39, 0.29) is 17.5 Å². The van der Waals surface area contributed by atoms with E-state index < -0.39 is 0 Å². The van der Waals surface area contributed by atoms with Crippen LogP contribution in [-0.2, 0) is 4.79 Å². The van der Waals surface area contributed by atoms with E-state index in [0.717, 1.165) is 5.69 Å². The van der Waals surface area contributed by atoms with Crippen molar-refractivity contribution in [2.75, 3.05) is 5.32 Å². The van der Waals surface area contributed by atoms with E-state index in [1.165, 1.54) is 0 Å². The zero-order valence-electron chi connectivity index (χ0n) is 8.53. The second-order valence-electron chi connectivity index (χ2n) is 3.44. The van der Waals surface area contributed by atoms with E-state index in [2.05, 4.69) is 5.32 Å². The second-order valence-corrected chi connectivity index (χ2v) is 3.44. The minimum atomic E-state index is 0.0206. The zero-order valence-corrected chi connectivity index (χ0v) is 8.53. The Morgan fingerprint density at radius 3 is 2.67 bits per heavy atom. The highest BCUT2D eigenvalue weighted by atomic mass is 16.3. The van der Waals surface area contributed by atoms with Crippen LogP contribution in [0.1, 0.15) is 13.3 Å². The van der Waals surface area contributed by atoms with E-state index >= 15 is 0 Å². The molecular formula is C11H14N2O2. The SMILES string of the molecule is CC(CC(=N)C=O)Nc1ccc(O)cc1. The van der Waals surface area contributed by atoms with Crippen LogP contribution in [0.25, 0.3) is 0 Å². The summed E-state index contributed by atoms with van der Waals surface area (Å²) >= 11 is 0. The van der Waals surface area contributed by atoms with Gasteiger partial charge in [0.15, 0.2) is 6.29 Å². The quantitative estimate of drug-likeness (QED) is 0.390. The molecule has 0 aromatic heterocycles. The van der Waals surface area contributed by atoms with Gasteiger partial charge in [-0.15, -0.1) is 0 Å². The molecule has 0 fully saturated rings. The molecule has 0 spiro atoms. The maximum Gasteiger partial charge on any atom is 0.163 e. The van der Waals surface area contributed by atoms with Gasteiger partial charge >= 0.3 is 0 Å². The zero-order chi connectivity index (χ0) is 11.3. The molecule has 1 rings (SSSR count). The van der Waals surface area contributed by atoms with Crippen LogP contribution in [0.3, 0.4) is 0 Å². The fraction of sp³-hybridized carbons (Fsp3) is 0.273. The van der Waals surface area contributed by atoms with Gasteiger partial charge in [-0.1, -0.05) is 0 Å². The third-order valence-electron chi connectivity index (χ3n) is 1.95. The van der Waals surface area contributed by atoms with Gasteiger partial charge < -0.3 is 15.8 Å². The van der Waals surface area contributed by atoms with Crippen LogP contribution in [0.4, 0.5) is 5.69 Å². The van der Waals surface area contributed by atoms with Crippen molar-refractivity contribution in [1.82, 2.24) is 0 Å². The van der Waals surface area contributed by atoms with Gasteiger partial charge in [-0.25, -0.2) is 0 Å². The number of rotatable bonds is 5. The summed E-state index contributed by atoms with van der Waals surface area (Å²) in [7, 11) is 0. The first-order chi connectivity index (χ1) is 7.11. The summed E-state index contributed by atoms with van der Waals surface area (Å²) in [6.07, 6.45) is 0.944. The Morgan fingerprint density at radius 1 is 1.53 bits per heavy atom. The number of benzene rings is 1. The summed E-state index contributed by atoms with van der Waals surface area (Å²) in [4.78, 5) is 10.3. The predicted molar refractivity (Wildman–Crippen MR) is 59.6 cm³/mol. The number of phenols is 1. The van der Waals surface area contributed by atoms with Crippen molar-refractivity contribution >= 4 is 17.7 Å². The Labute approximate surface area is 88.4 Å². The molecule has 3 N–H and O–H groups in total. The average Bonchev–Trinajstić information content (AvgIpc) is 2.21. The summed E-state index contributed by atoms with van der Waals surface area (Å²) in [6, 6.07) is 6.68. The van der Waals surface area contributed by atoms with Crippen molar-refractivity contribution < 1.29 is 9.90 Å². The van der Waals surface area contributed by atoms with Gasteiger partial charge in [-0.2, -0.15) is 0 Å². The third-order valence-corrected chi connectivity index (χ3v) is 1.95. The fourth-order valence-electron chi connectivity index (χ4n) is 1.27. The van der Waals surface area contributed by atoms with Crippen molar-refractivity contribution in [3.63, 3.8) is 0 Å². The molecule has 4 nitrogen and oxygen atoms in total. The van der Waals surface area contributed by atoms with Crippen molar-refractivity contribution in [1.29, 1.82) is 5.41 Å². The van der Waals surface area contributed by atoms with Gasteiger partial charge in [0, 0.05) is 18.2 Å². The standard InChI is InChI=1S/C11H14N2O2/c1-8(6-9(12)7-14)13-10-2-4-11(15)5-3-10/h2-5,7-8,12-13,15H,6H2,1H3. The number of hydrogen-bond donors (Lipinski definition) is 3. The molecule has 1 unspecified atom stereocenters. The fourth-order valence-corrected chi connectivity index (χ4v) is 1.27. The van der Waals surface area contributed by atoms with Crippen molar-refractivity contribution in [2.45, 2.75) is 19.4 Å². The number of aldehydes is 1. The molecule has 0 aliphatic carbocycles. The predicted octanol–water partition coefficient (Wildman–Crippen LogP) is 1.80. The van der Waals surface area contributed by atoms with E-state index in [0.29, 0.717) is 12.7 Å². The number of anilines is 1. The molecule has 0 radical (unpaired) electrons. The molecule has 1 atom stereocenters. The number of phenolic OH excluding ortho intramolecular Hbond substituents is 1. The van der Waals surface area contributed by atoms with Crippen LogP contribution in [-0.4, -0.2) is 23.1 Å². The van der Waals surface area contributed by atoms with Gasteiger partial charge in [-0.3, -0.25) is 4.79 Å². The second kappa shape index (κ2) is 5.14. The van der Waals surface area contributed by atoms with Crippen LogP contribution in [0.15, 0.2) is 24.3 Å². The van der Waals surface area contributed by atoms with Gasteiger partial charge in [-0.05, 0) is 31.2 Å². The van der Waals surface area contributed by atoms with Crippen LogP contribution in [0.5, 0.6) is 5.75 Å². The molecule has 0 saturated heterocycles. The Kier molecular flexibility index (Phi) is 3.85. The first-order valence-electron chi connectivity index (χ1n) is 4.70. The molecule has 1 aromatic rings. The monoisotopic (exact) mass is 206 g/mol. The highest BCUT2D eigenvalue weighted by Crippen LogP contribution is 2.15. The summed E-state index contributed by atoms with van der Waals surface area (Å²) in [5.74, 6) is 0.217. The maximum atomic E-state index is 10.3. The molecule has 80 valence electrons. The van der Waals surface area contributed by atoms with Gasteiger partial charge in [0.1, 0.15) is 5.75 Å². The summed E-state index contributed by atoms with van der Waals surface area (Å²) < 4.78 is 0. The summed E-state index contributed by atoms with van der Waals surface area (Å²) in [5.41, 5.74) is 0.938. The number of carbonyl (C=O) groups excluding carboxylic acids is 1. The Balaban J connectivity index is 2.51. The van der Waals surface area contributed by atoms with E-state index in [1.807, 2.05) is 6.92 Å². The molecule has 0 heterocycles. The van der Waals surface area contributed by atoms with Crippen LogP contribution >= 0.6 is 0 Å². The molecule has 1 aromatic carbocycles. The minimum Gasteiger partial charge on any atom is -0.508 e. The van der Waals surface area contributed by atoms with Crippen molar-refractivity contribution in [3.05, 3.63) is 24.3 Å². The molecule has 0 bridgehead atoms. The van der Waals surface area contributed by atoms with Gasteiger partial charge in [0.25, 0.3) is 0 Å². The number of carbonyl (C=O) groups is 1. The Bertz CT molecular complexity index is 346. The first-order valence-corrected chi connectivity index (χ1v) is 4.70. The lowest BCUT2D eigenvalue weighted by atomic mass is 10.1. The summed E-state index contributed by atoms with van der Waals surface area (Å²) in [6.45, 7) is 1.89. The highest BCUT2D eigenvalue weighted by molar-refractivity contribution is 6.26.